The van der Waals surface area contributed by atoms with Gasteiger partial charge in [-0.1, -0.05) is 30.6 Å². The standard InChI is InChI=1S/C18H25ClN6O/c1-12(2)16-9-14(26-24-16)10-22-18(20-3)23-13-6-8-25(11-13)17-15(19)5-4-7-21-17/h4-5,7,9,12-13H,6,8,10-11H2,1-3H3,(H2,20,22,23). The molecule has 7 nitrogen and oxygen atoms in total. The van der Waals surface area contributed by atoms with E-state index in [4.69, 9.17) is 16.1 Å². The Kier molecular flexibility index (Phi) is 5.98. The average Bonchev–Trinajstić information content (AvgIpc) is 3.28. The lowest BCUT2D eigenvalue weighted by molar-refractivity contribution is 0.371. The number of aromatic nitrogens is 2. The van der Waals surface area contributed by atoms with Gasteiger partial charge < -0.3 is 20.1 Å². The van der Waals surface area contributed by atoms with E-state index in [0.29, 0.717) is 17.5 Å². The summed E-state index contributed by atoms with van der Waals surface area (Å²) in [6, 6.07) is 5.97. The summed E-state index contributed by atoms with van der Waals surface area (Å²) in [6.45, 7) is 6.47. The maximum Gasteiger partial charge on any atom is 0.191 e. The molecule has 0 saturated carbocycles. The van der Waals surface area contributed by atoms with Crippen molar-refractivity contribution in [3.8, 4) is 0 Å². The highest BCUT2D eigenvalue weighted by Crippen LogP contribution is 2.25. The lowest BCUT2D eigenvalue weighted by Crippen LogP contribution is -2.44. The predicted molar refractivity (Wildman–Crippen MR) is 104 cm³/mol. The van der Waals surface area contributed by atoms with Crippen LogP contribution in [-0.2, 0) is 6.54 Å². The molecule has 2 N–H and O–H groups in total. The van der Waals surface area contributed by atoms with Crippen molar-refractivity contribution >= 4 is 23.4 Å². The topological polar surface area (TPSA) is 78.6 Å². The summed E-state index contributed by atoms with van der Waals surface area (Å²) in [5, 5.41) is 11.5. The number of pyridine rings is 1. The van der Waals surface area contributed by atoms with Crippen LogP contribution in [0.3, 0.4) is 0 Å². The van der Waals surface area contributed by atoms with Gasteiger partial charge in [0.25, 0.3) is 0 Å². The van der Waals surface area contributed by atoms with Crippen molar-refractivity contribution < 1.29 is 4.52 Å². The second kappa shape index (κ2) is 8.40. The largest absolute Gasteiger partial charge is 0.359 e. The van der Waals surface area contributed by atoms with Crippen LogP contribution in [-0.4, -0.2) is 42.3 Å². The van der Waals surface area contributed by atoms with Crippen LogP contribution >= 0.6 is 11.6 Å². The zero-order valence-electron chi connectivity index (χ0n) is 15.4. The van der Waals surface area contributed by atoms with Crippen molar-refractivity contribution in [3.05, 3.63) is 40.9 Å². The third kappa shape index (κ3) is 4.46. The number of nitrogens with one attached hydrogen (secondary N) is 2. The molecule has 0 spiro atoms. The van der Waals surface area contributed by atoms with E-state index < -0.39 is 0 Å². The van der Waals surface area contributed by atoms with Crippen LogP contribution < -0.4 is 15.5 Å². The summed E-state index contributed by atoms with van der Waals surface area (Å²) in [7, 11) is 1.76. The van der Waals surface area contributed by atoms with Crippen molar-refractivity contribution in [3.63, 3.8) is 0 Å². The van der Waals surface area contributed by atoms with Crippen molar-refractivity contribution in [2.24, 2.45) is 4.99 Å². The van der Waals surface area contributed by atoms with Gasteiger partial charge in [0, 0.05) is 38.4 Å². The smallest absolute Gasteiger partial charge is 0.191 e. The van der Waals surface area contributed by atoms with Gasteiger partial charge in [-0.2, -0.15) is 0 Å². The van der Waals surface area contributed by atoms with Gasteiger partial charge in [-0.3, -0.25) is 4.99 Å². The Labute approximate surface area is 158 Å². The van der Waals surface area contributed by atoms with Gasteiger partial charge in [0.2, 0.25) is 0 Å². The molecular formula is C18H25ClN6O. The van der Waals surface area contributed by atoms with Crippen LogP contribution in [0.15, 0.2) is 33.9 Å². The molecule has 8 heteroatoms. The molecule has 3 heterocycles. The third-order valence-corrected chi connectivity index (χ3v) is 4.69. The molecule has 3 rings (SSSR count). The average molecular weight is 377 g/mol. The molecule has 2 aromatic rings. The van der Waals surface area contributed by atoms with E-state index in [1.165, 1.54) is 0 Å². The molecule has 0 aliphatic carbocycles. The number of rotatable bonds is 5. The van der Waals surface area contributed by atoms with E-state index in [1.54, 1.807) is 13.2 Å². The zero-order valence-corrected chi connectivity index (χ0v) is 16.1. The summed E-state index contributed by atoms with van der Waals surface area (Å²) in [6.07, 6.45) is 2.76. The van der Waals surface area contributed by atoms with Crippen molar-refractivity contribution in [1.82, 2.24) is 20.8 Å². The minimum atomic E-state index is 0.278. The second-order valence-corrected chi connectivity index (χ2v) is 7.09. The first-order chi connectivity index (χ1) is 12.6. The molecule has 1 unspecified atom stereocenters. The summed E-state index contributed by atoms with van der Waals surface area (Å²) in [4.78, 5) is 10.9. The predicted octanol–water partition coefficient (Wildman–Crippen LogP) is 2.79. The monoisotopic (exact) mass is 376 g/mol. The van der Waals surface area contributed by atoms with Crippen LogP contribution in [0.2, 0.25) is 5.02 Å². The van der Waals surface area contributed by atoms with Crippen molar-refractivity contribution in [2.45, 2.75) is 38.8 Å². The highest BCUT2D eigenvalue weighted by atomic mass is 35.5. The van der Waals surface area contributed by atoms with Gasteiger partial charge >= 0.3 is 0 Å². The summed E-state index contributed by atoms with van der Waals surface area (Å²) < 4.78 is 5.35. The van der Waals surface area contributed by atoms with Gasteiger partial charge in [0.05, 0.1) is 17.3 Å². The van der Waals surface area contributed by atoms with Gasteiger partial charge in [0.1, 0.15) is 5.82 Å². The molecule has 1 fully saturated rings. The number of nitrogens with zero attached hydrogens (tertiary/aromatic N) is 4. The van der Waals surface area contributed by atoms with E-state index in [-0.39, 0.29) is 6.04 Å². The normalized spacial score (nSPS) is 17.8. The van der Waals surface area contributed by atoms with E-state index >= 15 is 0 Å². The SMILES string of the molecule is CN=C(NCc1cc(C(C)C)no1)NC1CCN(c2ncccc2Cl)C1. The summed E-state index contributed by atoms with van der Waals surface area (Å²) in [5.74, 6) is 2.73. The number of hydrogen-bond acceptors (Lipinski definition) is 5. The molecule has 2 aromatic heterocycles. The molecule has 0 aromatic carbocycles. The fourth-order valence-corrected chi connectivity index (χ4v) is 3.16. The van der Waals surface area contributed by atoms with Crippen LogP contribution in [0.5, 0.6) is 0 Å². The summed E-state index contributed by atoms with van der Waals surface area (Å²) >= 11 is 6.25. The van der Waals surface area contributed by atoms with Crippen molar-refractivity contribution in [2.75, 3.05) is 25.0 Å². The molecule has 0 bridgehead atoms. The van der Waals surface area contributed by atoms with E-state index in [9.17, 15) is 0 Å². The number of aliphatic imine (C=N–C) groups is 1. The Balaban J connectivity index is 1.52. The van der Waals surface area contributed by atoms with Gasteiger partial charge in [-0.05, 0) is 24.5 Å². The minimum absolute atomic E-state index is 0.278. The Bertz CT molecular complexity index is 760. The fraction of sp³-hybridized carbons (Fsp3) is 0.500. The maximum atomic E-state index is 6.25. The fourth-order valence-electron chi connectivity index (χ4n) is 2.92. The lowest BCUT2D eigenvalue weighted by Gasteiger charge is -2.20. The van der Waals surface area contributed by atoms with E-state index in [0.717, 1.165) is 42.7 Å². The first kappa shape index (κ1) is 18.5. The highest BCUT2D eigenvalue weighted by Gasteiger charge is 2.25. The maximum absolute atomic E-state index is 6.25. The third-order valence-electron chi connectivity index (χ3n) is 4.39. The zero-order chi connectivity index (χ0) is 18.5. The molecule has 0 amide bonds. The Morgan fingerprint density at radius 2 is 2.35 bits per heavy atom. The number of guanidine groups is 1. The molecule has 26 heavy (non-hydrogen) atoms. The molecule has 1 aliphatic heterocycles. The lowest BCUT2D eigenvalue weighted by atomic mass is 10.1. The molecule has 1 aliphatic rings. The Hall–Kier alpha value is -2.28. The molecular weight excluding hydrogens is 352 g/mol. The molecule has 1 atom stereocenters. The number of halogens is 1. The molecule has 140 valence electrons. The first-order valence-corrected chi connectivity index (χ1v) is 9.22. The van der Waals surface area contributed by atoms with Crippen molar-refractivity contribution in [1.29, 1.82) is 0 Å². The van der Waals surface area contributed by atoms with Crippen LogP contribution in [0.1, 0.15) is 37.6 Å². The summed E-state index contributed by atoms with van der Waals surface area (Å²) in [5.41, 5.74) is 0.962. The van der Waals surface area contributed by atoms with Gasteiger partial charge in [-0.15, -0.1) is 0 Å². The number of anilines is 1. The van der Waals surface area contributed by atoms with Crippen LogP contribution in [0, 0.1) is 0 Å². The van der Waals surface area contributed by atoms with E-state index in [2.05, 4.69) is 44.5 Å². The van der Waals surface area contributed by atoms with Crippen LogP contribution in [0.25, 0.3) is 0 Å². The molecule has 1 saturated heterocycles. The second-order valence-electron chi connectivity index (χ2n) is 6.68. The first-order valence-electron chi connectivity index (χ1n) is 8.85. The van der Waals surface area contributed by atoms with Gasteiger partial charge in [-0.25, -0.2) is 4.98 Å². The highest BCUT2D eigenvalue weighted by molar-refractivity contribution is 6.32. The van der Waals surface area contributed by atoms with E-state index in [1.807, 2.05) is 18.2 Å². The van der Waals surface area contributed by atoms with Crippen LogP contribution in [0.4, 0.5) is 5.82 Å². The van der Waals surface area contributed by atoms with Gasteiger partial charge in [0.15, 0.2) is 11.7 Å². The number of hydrogen-bond donors (Lipinski definition) is 2. The Morgan fingerprint density at radius 1 is 1.50 bits per heavy atom. The Morgan fingerprint density at radius 3 is 3.04 bits per heavy atom. The quantitative estimate of drug-likeness (QED) is 0.617. The minimum Gasteiger partial charge on any atom is -0.359 e. The molecule has 0 radical (unpaired) electrons.